The van der Waals surface area contributed by atoms with Crippen LogP contribution in [0.25, 0.3) is 11.4 Å². The number of aromatic nitrogens is 4. The van der Waals surface area contributed by atoms with E-state index in [-0.39, 0.29) is 23.0 Å². The maximum absolute atomic E-state index is 12.5. The fourth-order valence-electron chi connectivity index (χ4n) is 3.16. The monoisotopic (exact) mass is 498 g/mol. The maximum Gasteiger partial charge on any atom is 0.265 e. The van der Waals surface area contributed by atoms with Crippen molar-refractivity contribution in [2.24, 2.45) is 0 Å². The predicted octanol–water partition coefficient (Wildman–Crippen LogP) is 4.63. The lowest BCUT2D eigenvalue weighted by Gasteiger charge is -2.19. The number of hydrogen-bond donors (Lipinski definition) is 1. The molecule has 1 aromatic carbocycles. The average molecular weight is 499 g/mol. The van der Waals surface area contributed by atoms with Crippen LogP contribution in [-0.4, -0.2) is 56.3 Å². The molecule has 8 nitrogen and oxygen atoms in total. The third-order valence-corrected chi connectivity index (χ3v) is 7.04. The van der Waals surface area contributed by atoms with Gasteiger partial charge in [0.15, 0.2) is 16.1 Å². The summed E-state index contributed by atoms with van der Waals surface area (Å²) in [5, 5.41) is 12.5. The lowest BCUT2D eigenvalue weighted by atomic mass is 9.87. The van der Waals surface area contributed by atoms with E-state index in [2.05, 4.69) is 60.0 Å². The third-order valence-electron chi connectivity index (χ3n) is 5.01. The smallest absolute Gasteiger partial charge is 0.265 e. The fourth-order valence-corrected chi connectivity index (χ4v) is 4.91. The molecule has 34 heavy (non-hydrogen) atoms. The maximum atomic E-state index is 12.5. The van der Waals surface area contributed by atoms with Gasteiger partial charge < -0.3 is 10.2 Å². The molecule has 3 aromatic rings. The molecular formula is C24H30N6O2S2. The molecule has 0 atom stereocenters. The van der Waals surface area contributed by atoms with Crippen molar-refractivity contribution < 1.29 is 9.59 Å². The quantitative estimate of drug-likeness (QED) is 0.360. The molecule has 0 radical (unpaired) electrons. The van der Waals surface area contributed by atoms with Crippen LogP contribution in [0.3, 0.4) is 0 Å². The van der Waals surface area contributed by atoms with E-state index >= 15 is 0 Å². The lowest BCUT2D eigenvalue weighted by Crippen LogP contribution is -2.21. The Bertz CT molecular complexity index is 1190. The highest BCUT2D eigenvalue weighted by atomic mass is 32.2. The molecule has 2 amide bonds. The van der Waals surface area contributed by atoms with Crippen LogP contribution in [0.1, 0.15) is 41.7 Å². The molecule has 180 valence electrons. The van der Waals surface area contributed by atoms with Crippen LogP contribution >= 0.6 is 23.1 Å². The molecule has 0 aliphatic heterocycles. The van der Waals surface area contributed by atoms with Gasteiger partial charge in [0.05, 0.1) is 11.4 Å². The number of carbonyl (C=O) groups excluding carboxylic acids is 2. The minimum absolute atomic E-state index is 0.0676. The van der Waals surface area contributed by atoms with E-state index in [0.717, 1.165) is 11.4 Å². The number of benzene rings is 1. The Morgan fingerprint density at radius 3 is 2.47 bits per heavy atom. The molecule has 0 aliphatic carbocycles. The zero-order valence-electron chi connectivity index (χ0n) is 20.4. The van der Waals surface area contributed by atoms with Crippen LogP contribution < -0.4 is 5.32 Å². The summed E-state index contributed by atoms with van der Waals surface area (Å²) in [5.74, 6) is 0.497. The van der Waals surface area contributed by atoms with Crippen LogP contribution in [0.5, 0.6) is 0 Å². The minimum atomic E-state index is -0.230. The Labute approximate surface area is 208 Å². The van der Waals surface area contributed by atoms with Gasteiger partial charge in [0.1, 0.15) is 4.88 Å². The number of rotatable bonds is 8. The summed E-state index contributed by atoms with van der Waals surface area (Å²) in [6.45, 7) is 12.7. The second kappa shape index (κ2) is 10.5. The van der Waals surface area contributed by atoms with E-state index in [0.29, 0.717) is 27.4 Å². The third kappa shape index (κ3) is 5.92. The van der Waals surface area contributed by atoms with Gasteiger partial charge in [0, 0.05) is 26.2 Å². The second-order valence-electron chi connectivity index (χ2n) is 9.00. The van der Waals surface area contributed by atoms with E-state index in [1.165, 1.54) is 33.6 Å². The molecule has 3 rings (SSSR count). The lowest BCUT2D eigenvalue weighted by molar-refractivity contribution is -0.113. The van der Waals surface area contributed by atoms with Crippen molar-refractivity contribution >= 4 is 40.0 Å². The summed E-state index contributed by atoms with van der Waals surface area (Å²) in [6.07, 6.45) is 1.78. The summed E-state index contributed by atoms with van der Waals surface area (Å²) in [7, 11) is 3.37. The van der Waals surface area contributed by atoms with Crippen molar-refractivity contribution in [2.75, 3.05) is 25.2 Å². The minimum Gasteiger partial charge on any atom is -0.344 e. The normalized spacial score (nSPS) is 11.4. The number of thioether (sulfide) groups is 1. The van der Waals surface area contributed by atoms with Gasteiger partial charge in [-0.05, 0) is 17.9 Å². The number of carbonyl (C=O) groups is 2. The summed E-state index contributed by atoms with van der Waals surface area (Å²) in [4.78, 5) is 31.1. The van der Waals surface area contributed by atoms with Crippen molar-refractivity contribution in [2.45, 2.75) is 44.8 Å². The van der Waals surface area contributed by atoms with Crippen molar-refractivity contribution in [3.8, 4) is 11.4 Å². The number of thiazole rings is 1. The van der Waals surface area contributed by atoms with E-state index in [1.54, 1.807) is 27.1 Å². The van der Waals surface area contributed by atoms with Crippen LogP contribution in [0, 0.1) is 6.92 Å². The molecule has 0 fully saturated rings. The number of nitrogens with zero attached hydrogens (tertiary/aromatic N) is 5. The summed E-state index contributed by atoms with van der Waals surface area (Å²) in [6, 6.07) is 8.30. The summed E-state index contributed by atoms with van der Waals surface area (Å²) in [5.41, 5.74) is 2.86. The molecule has 2 heterocycles. The first kappa shape index (κ1) is 25.6. The van der Waals surface area contributed by atoms with Gasteiger partial charge in [-0.1, -0.05) is 74.2 Å². The molecule has 0 bridgehead atoms. The SMILES string of the molecule is C=CCn1c(SCC(=O)Nc2nc(C)c(C(=O)N(C)C)s2)nnc1-c1ccc(C(C)(C)C)cc1. The zero-order valence-corrected chi connectivity index (χ0v) is 22.0. The highest BCUT2D eigenvalue weighted by Crippen LogP contribution is 2.28. The molecule has 0 saturated carbocycles. The molecule has 0 spiro atoms. The van der Waals surface area contributed by atoms with E-state index in [4.69, 9.17) is 0 Å². The van der Waals surface area contributed by atoms with Crippen molar-refractivity contribution in [3.05, 3.63) is 53.1 Å². The summed E-state index contributed by atoms with van der Waals surface area (Å²) < 4.78 is 1.94. The number of nitrogens with one attached hydrogen (secondary N) is 1. The molecule has 2 aromatic heterocycles. The van der Waals surface area contributed by atoms with Crippen LogP contribution in [-0.2, 0) is 16.8 Å². The molecular weight excluding hydrogens is 468 g/mol. The van der Waals surface area contributed by atoms with E-state index in [9.17, 15) is 9.59 Å². The van der Waals surface area contributed by atoms with Crippen LogP contribution in [0.2, 0.25) is 0 Å². The zero-order chi connectivity index (χ0) is 25.0. The Kier molecular flexibility index (Phi) is 7.93. The number of amides is 2. The van der Waals surface area contributed by atoms with Crippen LogP contribution in [0.15, 0.2) is 42.1 Å². The topological polar surface area (TPSA) is 93.0 Å². The Morgan fingerprint density at radius 2 is 1.88 bits per heavy atom. The summed E-state index contributed by atoms with van der Waals surface area (Å²) >= 11 is 2.46. The molecule has 0 aliphatic rings. The molecule has 1 N–H and O–H groups in total. The van der Waals surface area contributed by atoms with Gasteiger partial charge in [-0.25, -0.2) is 4.98 Å². The van der Waals surface area contributed by atoms with Gasteiger partial charge in [0.2, 0.25) is 5.91 Å². The number of anilines is 1. The van der Waals surface area contributed by atoms with E-state index in [1.807, 2.05) is 16.7 Å². The standard InChI is InChI=1S/C24H30N6O2S2/c1-8-13-30-20(16-9-11-17(12-10-16)24(3,4)5)27-28-23(30)33-14-18(31)26-22-25-15(2)19(34-22)21(32)29(6)7/h8-12H,1,13-14H2,2-7H3,(H,25,26,31). The van der Waals surface area contributed by atoms with Crippen molar-refractivity contribution in [1.82, 2.24) is 24.6 Å². The Morgan fingerprint density at radius 1 is 1.21 bits per heavy atom. The molecule has 10 heteroatoms. The van der Waals surface area contributed by atoms with Gasteiger partial charge in [-0.3, -0.25) is 14.2 Å². The molecule has 0 saturated heterocycles. The van der Waals surface area contributed by atoms with Gasteiger partial charge >= 0.3 is 0 Å². The highest BCUT2D eigenvalue weighted by Gasteiger charge is 2.20. The largest absolute Gasteiger partial charge is 0.344 e. The average Bonchev–Trinajstić information content (AvgIpc) is 3.34. The first-order valence-electron chi connectivity index (χ1n) is 10.8. The Balaban J connectivity index is 1.71. The van der Waals surface area contributed by atoms with Crippen molar-refractivity contribution in [1.29, 1.82) is 0 Å². The Hall–Kier alpha value is -2.98. The number of allylic oxidation sites excluding steroid dienone is 1. The highest BCUT2D eigenvalue weighted by molar-refractivity contribution is 7.99. The van der Waals surface area contributed by atoms with Gasteiger partial charge in [-0.15, -0.1) is 16.8 Å². The first-order valence-corrected chi connectivity index (χ1v) is 12.6. The molecule has 0 unspecified atom stereocenters. The van der Waals surface area contributed by atoms with Gasteiger partial charge in [-0.2, -0.15) is 0 Å². The van der Waals surface area contributed by atoms with E-state index < -0.39 is 0 Å². The second-order valence-corrected chi connectivity index (χ2v) is 10.9. The predicted molar refractivity (Wildman–Crippen MR) is 139 cm³/mol. The number of aryl methyl sites for hydroxylation is 1. The van der Waals surface area contributed by atoms with Crippen molar-refractivity contribution in [3.63, 3.8) is 0 Å². The van der Waals surface area contributed by atoms with Gasteiger partial charge in [0.25, 0.3) is 5.91 Å². The fraction of sp³-hybridized carbons (Fsp3) is 0.375. The first-order chi connectivity index (χ1) is 16.0. The van der Waals surface area contributed by atoms with Crippen LogP contribution in [0.4, 0.5) is 5.13 Å². The number of hydrogen-bond acceptors (Lipinski definition) is 7.